The zero-order valence-corrected chi connectivity index (χ0v) is 14.5. The highest BCUT2D eigenvalue weighted by atomic mass is 16.6. The molecule has 1 aliphatic heterocycles. The molecule has 138 valence electrons. The number of fused-ring (bicyclic) bond motifs is 3. The van der Waals surface area contributed by atoms with Gasteiger partial charge in [0.15, 0.2) is 0 Å². The molecule has 0 radical (unpaired) electrons. The van der Waals surface area contributed by atoms with Gasteiger partial charge in [-0.05, 0) is 18.4 Å². The van der Waals surface area contributed by atoms with Gasteiger partial charge in [0.2, 0.25) is 0 Å². The lowest BCUT2D eigenvalue weighted by Crippen LogP contribution is -2.30. The van der Waals surface area contributed by atoms with Gasteiger partial charge in [0.25, 0.3) is 11.4 Å². The predicted molar refractivity (Wildman–Crippen MR) is 99.1 cm³/mol. The summed E-state index contributed by atoms with van der Waals surface area (Å²) in [6, 6.07) is 9.27. The number of ether oxygens (including phenoxy) is 1. The van der Waals surface area contributed by atoms with Crippen LogP contribution in [0.5, 0.6) is 5.75 Å². The number of methoxy groups -OCH3 is 1. The summed E-state index contributed by atoms with van der Waals surface area (Å²) in [5, 5.41) is 26.4. The van der Waals surface area contributed by atoms with E-state index in [0.29, 0.717) is 29.0 Å². The Morgan fingerprint density at radius 1 is 1.07 bits per heavy atom. The lowest BCUT2D eigenvalue weighted by Gasteiger charge is -2.37. The number of rotatable bonds is 4. The van der Waals surface area contributed by atoms with Crippen LogP contribution >= 0.6 is 0 Å². The summed E-state index contributed by atoms with van der Waals surface area (Å²) in [4.78, 5) is 22.3. The van der Waals surface area contributed by atoms with Crippen molar-refractivity contribution in [2.75, 3.05) is 12.4 Å². The minimum Gasteiger partial charge on any atom is -0.495 e. The third-order valence-corrected chi connectivity index (χ3v) is 5.34. The molecule has 0 saturated carbocycles. The summed E-state index contributed by atoms with van der Waals surface area (Å²) in [6.45, 7) is 0. The molecule has 2 aliphatic rings. The molecule has 8 heteroatoms. The fraction of sp³-hybridized carbons (Fsp3) is 0.263. The number of anilines is 1. The number of nitrogens with zero attached hydrogens (tertiary/aromatic N) is 2. The van der Waals surface area contributed by atoms with Crippen LogP contribution < -0.4 is 10.1 Å². The summed E-state index contributed by atoms with van der Waals surface area (Å²) >= 11 is 0. The van der Waals surface area contributed by atoms with Crippen molar-refractivity contribution in [3.05, 3.63) is 79.9 Å². The molecule has 1 aliphatic carbocycles. The third kappa shape index (κ3) is 2.61. The Bertz CT molecular complexity index is 972. The van der Waals surface area contributed by atoms with Crippen LogP contribution in [0.3, 0.4) is 0 Å². The van der Waals surface area contributed by atoms with E-state index in [1.807, 2.05) is 12.2 Å². The maximum Gasteiger partial charge on any atom is 0.275 e. The van der Waals surface area contributed by atoms with Crippen LogP contribution in [-0.4, -0.2) is 17.0 Å². The standard InChI is InChI=1S/C19H17N3O5/c1-27-16-10-9-15(22(25)26)17-11-6-4-7-12(11)18(20-19(16)17)13-5-2-3-8-14(13)21(23)24/h2-6,8-12,18,20H,7H2,1H3. The predicted octanol–water partition coefficient (Wildman–Crippen LogP) is 4.34. The first kappa shape index (κ1) is 17.0. The van der Waals surface area contributed by atoms with Gasteiger partial charge < -0.3 is 10.1 Å². The zero-order chi connectivity index (χ0) is 19.1. The fourth-order valence-corrected chi connectivity index (χ4v) is 4.22. The van der Waals surface area contributed by atoms with E-state index in [2.05, 4.69) is 5.32 Å². The Hall–Kier alpha value is -3.42. The molecule has 2 aromatic carbocycles. The molecule has 4 rings (SSSR count). The lowest BCUT2D eigenvalue weighted by molar-refractivity contribution is -0.386. The zero-order valence-electron chi connectivity index (χ0n) is 14.5. The van der Waals surface area contributed by atoms with Gasteiger partial charge in [0, 0.05) is 18.1 Å². The van der Waals surface area contributed by atoms with E-state index in [9.17, 15) is 20.2 Å². The number of hydrogen-bond donors (Lipinski definition) is 1. The van der Waals surface area contributed by atoms with Crippen molar-refractivity contribution in [3.63, 3.8) is 0 Å². The van der Waals surface area contributed by atoms with Gasteiger partial charge in [0.05, 0.1) is 39.8 Å². The monoisotopic (exact) mass is 367 g/mol. The second kappa shape index (κ2) is 6.39. The molecule has 0 spiro atoms. The van der Waals surface area contributed by atoms with E-state index >= 15 is 0 Å². The van der Waals surface area contributed by atoms with Crippen molar-refractivity contribution in [1.82, 2.24) is 0 Å². The molecule has 0 amide bonds. The van der Waals surface area contributed by atoms with E-state index in [0.717, 1.165) is 0 Å². The summed E-state index contributed by atoms with van der Waals surface area (Å²) in [5.74, 6) is 0.226. The number of hydrogen-bond acceptors (Lipinski definition) is 6. The normalized spacial score (nSPS) is 22.5. The van der Waals surface area contributed by atoms with Gasteiger partial charge in [-0.2, -0.15) is 0 Å². The van der Waals surface area contributed by atoms with Crippen molar-refractivity contribution in [1.29, 1.82) is 0 Å². The van der Waals surface area contributed by atoms with Crippen molar-refractivity contribution in [2.24, 2.45) is 5.92 Å². The number of para-hydroxylation sites is 1. The highest BCUT2D eigenvalue weighted by molar-refractivity contribution is 5.74. The average molecular weight is 367 g/mol. The highest BCUT2D eigenvalue weighted by Crippen LogP contribution is 2.55. The molecule has 8 nitrogen and oxygen atoms in total. The number of nitrogens with one attached hydrogen (secondary N) is 1. The summed E-state index contributed by atoms with van der Waals surface area (Å²) in [6.07, 6.45) is 4.62. The van der Waals surface area contributed by atoms with Crippen LogP contribution in [0.15, 0.2) is 48.6 Å². The Labute approximate surface area is 154 Å². The van der Waals surface area contributed by atoms with E-state index in [4.69, 9.17) is 4.74 Å². The Balaban J connectivity index is 1.92. The molecule has 0 fully saturated rings. The first-order valence-corrected chi connectivity index (χ1v) is 8.54. The summed E-state index contributed by atoms with van der Waals surface area (Å²) in [5.41, 5.74) is 1.74. The van der Waals surface area contributed by atoms with E-state index < -0.39 is 9.85 Å². The van der Waals surface area contributed by atoms with Crippen LogP contribution in [0.1, 0.15) is 29.5 Å². The molecule has 1 N–H and O–H groups in total. The van der Waals surface area contributed by atoms with Crippen molar-refractivity contribution in [3.8, 4) is 5.75 Å². The average Bonchev–Trinajstić information content (AvgIpc) is 3.16. The number of nitro groups is 2. The van der Waals surface area contributed by atoms with Gasteiger partial charge in [0.1, 0.15) is 5.75 Å². The number of nitro benzene ring substituents is 2. The van der Waals surface area contributed by atoms with Gasteiger partial charge >= 0.3 is 0 Å². The molecule has 1 heterocycles. The Kier molecular flexibility index (Phi) is 4.02. The molecule has 0 aromatic heterocycles. The van der Waals surface area contributed by atoms with Crippen molar-refractivity contribution >= 4 is 17.1 Å². The van der Waals surface area contributed by atoms with Crippen LogP contribution in [0.4, 0.5) is 17.1 Å². The van der Waals surface area contributed by atoms with Crippen LogP contribution in [-0.2, 0) is 0 Å². The van der Waals surface area contributed by atoms with Gasteiger partial charge in [-0.25, -0.2) is 0 Å². The molecular formula is C19H17N3O5. The van der Waals surface area contributed by atoms with Crippen molar-refractivity contribution < 1.29 is 14.6 Å². The van der Waals surface area contributed by atoms with Crippen LogP contribution in [0.25, 0.3) is 0 Å². The smallest absolute Gasteiger partial charge is 0.275 e. The number of benzene rings is 2. The molecule has 3 unspecified atom stereocenters. The van der Waals surface area contributed by atoms with E-state index in [1.54, 1.807) is 24.3 Å². The SMILES string of the molecule is COc1ccc([N+](=O)[O-])c2c1NC(c1ccccc1[N+](=O)[O-])C1CC=CC21. The van der Waals surface area contributed by atoms with E-state index in [1.165, 1.54) is 19.2 Å². The van der Waals surface area contributed by atoms with Gasteiger partial charge in [-0.3, -0.25) is 20.2 Å². The molecule has 3 atom stereocenters. The largest absolute Gasteiger partial charge is 0.495 e. The lowest BCUT2D eigenvalue weighted by atomic mass is 9.76. The van der Waals surface area contributed by atoms with Crippen LogP contribution in [0.2, 0.25) is 0 Å². The summed E-state index contributed by atoms with van der Waals surface area (Å²) < 4.78 is 5.41. The van der Waals surface area contributed by atoms with Gasteiger partial charge in [-0.15, -0.1) is 0 Å². The van der Waals surface area contributed by atoms with Crippen LogP contribution in [0, 0.1) is 26.1 Å². The Morgan fingerprint density at radius 2 is 1.81 bits per heavy atom. The fourth-order valence-electron chi connectivity index (χ4n) is 4.22. The second-order valence-corrected chi connectivity index (χ2v) is 6.62. The minimum atomic E-state index is -0.394. The minimum absolute atomic E-state index is 0.0286. The van der Waals surface area contributed by atoms with Crippen molar-refractivity contribution in [2.45, 2.75) is 18.4 Å². The number of allylic oxidation sites excluding steroid dienone is 2. The Morgan fingerprint density at radius 3 is 2.52 bits per heavy atom. The first-order chi connectivity index (χ1) is 13.0. The maximum absolute atomic E-state index is 11.6. The second-order valence-electron chi connectivity index (χ2n) is 6.62. The highest BCUT2D eigenvalue weighted by Gasteiger charge is 2.44. The first-order valence-electron chi connectivity index (χ1n) is 8.54. The molecule has 0 saturated heterocycles. The van der Waals surface area contributed by atoms with Gasteiger partial charge in [-0.1, -0.05) is 30.4 Å². The topological polar surface area (TPSA) is 108 Å². The maximum atomic E-state index is 11.6. The summed E-state index contributed by atoms with van der Waals surface area (Å²) in [7, 11) is 1.50. The van der Waals surface area contributed by atoms with E-state index in [-0.39, 0.29) is 29.3 Å². The quantitative estimate of drug-likeness (QED) is 0.489. The third-order valence-electron chi connectivity index (χ3n) is 5.34. The molecular weight excluding hydrogens is 350 g/mol. The molecule has 27 heavy (non-hydrogen) atoms. The molecule has 2 aromatic rings. The molecule has 0 bridgehead atoms.